The molecule has 10 heteroatoms. The van der Waals surface area contributed by atoms with E-state index in [9.17, 15) is 4.39 Å². The van der Waals surface area contributed by atoms with Crippen LogP contribution in [0.4, 0.5) is 10.3 Å². The van der Waals surface area contributed by atoms with Crippen LogP contribution in [0.2, 0.25) is 0 Å². The van der Waals surface area contributed by atoms with Crippen LogP contribution in [0.1, 0.15) is 11.1 Å². The lowest BCUT2D eigenvalue weighted by atomic mass is 10.1. The summed E-state index contributed by atoms with van der Waals surface area (Å²) in [5.74, 6) is 1.92. The minimum Gasteiger partial charge on any atom is -0.467 e. The van der Waals surface area contributed by atoms with Crippen LogP contribution in [-0.2, 0) is 17.9 Å². The molecule has 0 saturated carbocycles. The normalized spacial score (nSPS) is 16.6. The third-order valence-electron chi connectivity index (χ3n) is 4.81. The molecule has 2 aliphatic heterocycles. The van der Waals surface area contributed by atoms with Gasteiger partial charge in [-0.05, 0) is 18.2 Å². The highest BCUT2D eigenvalue weighted by Gasteiger charge is 2.22. The second-order valence-corrected chi connectivity index (χ2v) is 6.59. The van der Waals surface area contributed by atoms with E-state index in [4.69, 9.17) is 9.47 Å². The number of rotatable bonds is 3. The van der Waals surface area contributed by atoms with E-state index in [1.807, 2.05) is 6.07 Å². The average molecular weight is 514 g/mol. The largest absolute Gasteiger partial charge is 0.467 e. The molecule has 2 aromatic rings. The number of piperazine rings is 1. The van der Waals surface area contributed by atoms with Crippen molar-refractivity contribution in [3.63, 3.8) is 0 Å². The van der Waals surface area contributed by atoms with Crippen molar-refractivity contribution >= 4 is 35.9 Å². The number of nitrogens with zero attached hydrogens (tertiary/aromatic N) is 5. The predicted octanol–water partition coefficient (Wildman–Crippen LogP) is 2.00. The van der Waals surface area contributed by atoms with E-state index < -0.39 is 0 Å². The Morgan fingerprint density at radius 1 is 1.21 bits per heavy atom. The van der Waals surface area contributed by atoms with Crippen molar-refractivity contribution in [2.24, 2.45) is 4.99 Å². The number of ether oxygens (including phenoxy) is 2. The molecule has 0 atom stereocenters. The van der Waals surface area contributed by atoms with Gasteiger partial charge in [-0.15, -0.1) is 24.0 Å². The van der Waals surface area contributed by atoms with Crippen molar-refractivity contribution in [1.82, 2.24) is 20.2 Å². The molecule has 1 saturated heterocycles. The van der Waals surface area contributed by atoms with E-state index in [0.29, 0.717) is 18.9 Å². The summed E-state index contributed by atoms with van der Waals surface area (Å²) < 4.78 is 24.7. The minimum atomic E-state index is -0.295. The van der Waals surface area contributed by atoms with Crippen molar-refractivity contribution < 1.29 is 13.9 Å². The first kappa shape index (κ1) is 21.5. The van der Waals surface area contributed by atoms with Crippen LogP contribution in [0.3, 0.4) is 0 Å². The van der Waals surface area contributed by atoms with Gasteiger partial charge in [-0.2, -0.15) is 0 Å². The Labute approximate surface area is 186 Å². The molecule has 0 amide bonds. The van der Waals surface area contributed by atoms with E-state index in [1.165, 1.54) is 12.1 Å². The Kier molecular flexibility index (Phi) is 7.42. The van der Waals surface area contributed by atoms with Crippen LogP contribution in [0.25, 0.3) is 0 Å². The maximum Gasteiger partial charge on any atom is 0.225 e. The Balaban J connectivity index is 0.00000240. The number of nitrogens with one attached hydrogen (secondary N) is 1. The average Bonchev–Trinajstić information content (AvgIpc) is 2.75. The zero-order chi connectivity index (χ0) is 19.3. The molecule has 29 heavy (non-hydrogen) atoms. The topological polar surface area (TPSA) is 75.1 Å². The highest BCUT2D eigenvalue weighted by Crippen LogP contribution is 2.29. The van der Waals surface area contributed by atoms with Crippen LogP contribution < -0.4 is 15.0 Å². The number of aromatic nitrogens is 2. The zero-order valence-corrected chi connectivity index (χ0v) is 18.5. The van der Waals surface area contributed by atoms with Gasteiger partial charge in [0.15, 0.2) is 12.8 Å². The monoisotopic (exact) mass is 514 g/mol. The Hall–Kier alpha value is -2.21. The van der Waals surface area contributed by atoms with Gasteiger partial charge in [0.1, 0.15) is 11.6 Å². The molecule has 3 heterocycles. The minimum absolute atomic E-state index is 0. The Morgan fingerprint density at radius 3 is 2.69 bits per heavy atom. The molecule has 1 aromatic carbocycles. The van der Waals surface area contributed by atoms with E-state index in [-0.39, 0.29) is 36.6 Å². The number of hydrogen-bond donors (Lipinski definition) is 1. The number of halogens is 2. The van der Waals surface area contributed by atoms with Gasteiger partial charge in [0.25, 0.3) is 0 Å². The van der Waals surface area contributed by atoms with E-state index >= 15 is 0 Å². The first-order valence-electron chi connectivity index (χ1n) is 9.24. The molecule has 0 aliphatic carbocycles. The standard InChI is InChI=1S/C19H23FN6O2.HI/c1-21-18(25-5-7-26(8-6-25)19-22-3-2-4-23-19)24-11-14-9-16(20)10-15-12-27-13-28-17(14)15;/h2-4,9-10H,5-8,11-13H2,1H3,(H,21,24);1H. The molecule has 0 radical (unpaired) electrons. The quantitative estimate of drug-likeness (QED) is 0.382. The summed E-state index contributed by atoms with van der Waals surface area (Å²) in [5.41, 5.74) is 1.49. The summed E-state index contributed by atoms with van der Waals surface area (Å²) in [6.45, 7) is 4.17. The Bertz CT molecular complexity index is 846. The molecule has 8 nitrogen and oxygen atoms in total. The van der Waals surface area contributed by atoms with Gasteiger partial charge < -0.3 is 24.6 Å². The third-order valence-corrected chi connectivity index (χ3v) is 4.81. The lowest BCUT2D eigenvalue weighted by Gasteiger charge is -2.36. The Morgan fingerprint density at radius 2 is 1.97 bits per heavy atom. The first-order chi connectivity index (χ1) is 13.7. The zero-order valence-electron chi connectivity index (χ0n) is 16.2. The van der Waals surface area contributed by atoms with Crippen LogP contribution in [0.15, 0.2) is 35.6 Å². The third kappa shape index (κ3) is 5.04. The number of guanidine groups is 1. The van der Waals surface area contributed by atoms with E-state index in [2.05, 4.69) is 30.1 Å². The molecule has 1 N–H and O–H groups in total. The smallest absolute Gasteiger partial charge is 0.225 e. The first-order valence-corrected chi connectivity index (χ1v) is 9.24. The van der Waals surface area contributed by atoms with Crippen molar-refractivity contribution in [3.8, 4) is 5.75 Å². The molecular formula is C19H24FIN6O2. The maximum atomic E-state index is 13.9. The molecule has 1 fully saturated rings. The lowest BCUT2D eigenvalue weighted by Crippen LogP contribution is -2.52. The summed E-state index contributed by atoms with van der Waals surface area (Å²) in [6, 6.07) is 4.76. The fourth-order valence-electron chi connectivity index (χ4n) is 3.47. The highest BCUT2D eigenvalue weighted by atomic mass is 127. The fourth-order valence-corrected chi connectivity index (χ4v) is 3.47. The van der Waals surface area contributed by atoms with Gasteiger partial charge in [0.05, 0.1) is 6.61 Å². The summed E-state index contributed by atoms with van der Waals surface area (Å²) >= 11 is 0. The second-order valence-electron chi connectivity index (χ2n) is 6.59. The number of benzene rings is 1. The predicted molar refractivity (Wildman–Crippen MR) is 118 cm³/mol. The number of fused-ring (bicyclic) bond motifs is 1. The SMILES string of the molecule is CN=C(NCc1cc(F)cc2c1OCOC2)N1CCN(c2ncccn2)CC1.I. The van der Waals surface area contributed by atoms with Gasteiger partial charge in [-0.1, -0.05) is 0 Å². The molecule has 0 bridgehead atoms. The van der Waals surface area contributed by atoms with Crippen molar-refractivity contribution in [3.05, 3.63) is 47.5 Å². The van der Waals surface area contributed by atoms with Crippen molar-refractivity contribution in [1.29, 1.82) is 0 Å². The molecular weight excluding hydrogens is 490 g/mol. The molecule has 156 valence electrons. The van der Waals surface area contributed by atoms with Crippen LogP contribution in [0.5, 0.6) is 5.75 Å². The number of anilines is 1. The summed E-state index contributed by atoms with van der Waals surface area (Å²) in [6.07, 6.45) is 3.50. The number of hydrogen-bond acceptors (Lipinski definition) is 6. The van der Waals surface area contributed by atoms with Gasteiger partial charge in [0.2, 0.25) is 5.95 Å². The fraction of sp³-hybridized carbons (Fsp3) is 0.421. The van der Waals surface area contributed by atoms with Gasteiger partial charge >= 0.3 is 0 Å². The summed E-state index contributed by atoms with van der Waals surface area (Å²) in [5, 5.41) is 3.33. The lowest BCUT2D eigenvalue weighted by molar-refractivity contribution is -0.0173. The summed E-state index contributed by atoms with van der Waals surface area (Å²) in [7, 11) is 1.75. The molecule has 1 aromatic heterocycles. The molecule has 0 spiro atoms. The molecule has 0 unspecified atom stereocenters. The van der Waals surface area contributed by atoms with Gasteiger partial charge in [-0.25, -0.2) is 14.4 Å². The molecule has 4 rings (SSSR count). The summed E-state index contributed by atoms with van der Waals surface area (Å²) in [4.78, 5) is 17.3. The highest BCUT2D eigenvalue weighted by molar-refractivity contribution is 14.0. The van der Waals surface area contributed by atoms with Crippen LogP contribution in [0, 0.1) is 5.82 Å². The van der Waals surface area contributed by atoms with Gasteiger partial charge in [-0.3, -0.25) is 4.99 Å². The van der Waals surface area contributed by atoms with E-state index in [1.54, 1.807) is 19.4 Å². The van der Waals surface area contributed by atoms with E-state index in [0.717, 1.165) is 49.2 Å². The van der Waals surface area contributed by atoms with Crippen LogP contribution >= 0.6 is 24.0 Å². The van der Waals surface area contributed by atoms with Crippen LogP contribution in [-0.4, -0.2) is 60.8 Å². The van der Waals surface area contributed by atoms with Crippen molar-refractivity contribution in [2.75, 3.05) is 44.9 Å². The molecule has 2 aliphatic rings. The van der Waals surface area contributed by atoms with Gasteiger partial charge in [0, 0.05) is 63.3 Å². The maximum absolute atomic E-state index is 13.9. The second kappa shape index (κ2) is 10.0. The van der Waals surface area contributed by atoms with Crippen molar-refractivity contribution in [2.45, 2.75) is 13.2 Å². The number of aliphatic imine (C=N–C) groups is 1.